The Labute approximate surface area is 110 Å². The van der Waals surface area contributed by atoms with Crippen LogP contribution in [0.1, 0.15) is 20.8 Å². The minimum Gasteiger partial charge on any atom is -0.316 e. The number of aromatic nitrogens is 2. The van der Waals surface area contributed by atoms with Crippen molar-refractivity contribution in [3.63, 3.8) is 0 Å². The summed E-state index contributed by atoms with van der Waals surface area (Å²) in [4.78, 5) is 0. The monoisotopic (exact) mass is 277 g/mol. The second kappa shape index (κ2) is 6.23. The molecular formula is C10H19N3S3. The van der Waals surface area contributed by atoms with E-state index in [9.17, 15) is 0 Å². The standard InChI is InChI=1S/C10H19N3S3/c1-10(2,3)7(11-4)6-15-9-13-12-8(14-5)16-9/h7,11H,6H2,1-5H3. The zero-order valence-corrected chi connectivity index (χ0v) is 12.9. The topological polar surface area (TPSA) is 37.8 Å². The summed E-state index contributed by atoms with van der Waals surface area (Å²) in [5, 5.41) is 11.6. The molecule has 16 heavy (non-hydrogen) atoms. The summed E-state index contributed by atoms with van der Waals surface area (Å²) < 4.78 is 2.10. The third-order valence-corrected chi connectivity index (χ3v) is 5.46. The number of hydrogen-bond acceptors (Lipinski definition) is 6. The average Bonchev–Trinajstić information content (AvgIpc) is 2.64. The number of hydrogen-bond donors (Lipinski definition) is 1. The van der Waals surface area contributed by atoms with Crippen LogP contribution in [-0.4, -0.2) is 35.3 Å². The maximum Gasteiger partial charge on any atom is 0.175 e. The molecule has 0 aliphatic heterocycles. The molecule has 0 bridgehead atoms. The van der Waals surface area contributed by atoms with Crippen LogP contribution in [0.2, 0.25) is 0 Å². The van der Waals surface area contributed by atoms with Gasteiger partial charge in [-0.3, -0.25) is 0 Å². The fourth-order valence-electron chi connectivity index (χ4n) is 1.26. The Morgan fingerprint density at radius 2 is 1.94 bits per heavy atom. The van der Waals surface area contributed by atoms with Crippen molar-refractivity contribution in [3.8, 4) is 0 Å². The van der Waals surface area contributed by atoms with Crippen molar-refractivity contribution in [1.29, 1.82) is 0 Å². The largest absolute Gasteiger partial charge is 0.316 e. The molecule has 92 valence electrons. The third-order valence-electron chi connectivity index (χ3n) is 2.33. The van der Waals surface area contributed by atoms with Gasteiger partial charge in [0.05, 0.1) is 0 Å². The highest BCUT2D eigenvalue weighted by Crippen LogP contribution is 2.30. The van der Waals surface area contributed by atoms with Gasteiger partial charge in [0.15, 0.2) is 8.68 Å². The lowest BCUT2D eigenvalue weighted by Crippen LogP contribution is -2.40. The minimum atomic E-state index is 0.273. The van der Waals surface area contributed by atoms with E-state index in [1.807, 2.05) is 13.3 Å². The third kappa shape index (κ3) is 4.24. The molecule has 0 spiro atoms. The quantitative estimate of drug-likeness (QED) is 0.838. The molecule has 0 fully saturated rings. The van der Waals surface area contributed by atoms with E-state index in [2.05, 4.69) is 36.3 Å². The van der Waals surface area contributed by atoms with E-state index >= 15 is 0 Å². The normalized spacial score (nSPS) is 14.1. The van der Waals surface area contributed by atoms with Crippen molar-refractivity contribution in [2.24, 2.45) is 5.41 Å². The zero-order chi connectivity index (χ0) is 12.2. The predicted octanol–water partition coefficient (Wildman–Crippen LogP) is 2.99. The van der Waals surface area contributed by atoms with Gasteiger partial charge in [-0.1, -0.05) is 55.6 Å². The first-order valence-electron chi connectivity index (χ1n) is 5.15. The number of nitrogens with one attached hydrogen (secondary N) is 1. The maximum absolute atomic E-state index is 4.16. The number of nitrogens with zero attached hydrogens (tertiary/aromatic N) is 2. The van der Waals surface area contributed by atoms with Gasteiger partial charge in [0.25, 0.3) is 0 Å². The van der Waals surface area contributed by atoms with Gasteiger partial charge in [-0.2, -0.15) is 0 Å². The molecule has 1 aromatic heterocycles. The van der Waals surface area contributed by atoms with Crippen LogP contribution in [-0.2, 0) is 0 Å². The molecule has 0 amide bonds. The summed E-state index contributed by atoms with van der Waals surface area (Å²) >= 11 is 5.11. The first-order valence-corrected chi connectivity index (χ1v) is 8.17. The van der Waals surface area contributed by atoms with Crippen LogP contribution in [0.5, 0.6) is 0 Å². The molecule has 0 radical (unpaired) electrons. The Balaban J connectivity index is 2.49. The smallest absolute Gasteiger partial charge is 0.175 e. The van der Waals surface area contributed by atoms with Crippen LogP contribution < -0.4 is 5.32 Å². The van der Waals surface area contributed by atoms with Crippen LogP contribution in [0.25, 0.3) is 0 Å². The van der Waals surface area contributed by atoms with Gasteiger partial charge in [0, 0.05) is 11.8 Å². The molecule has 0 aliphatic rings. The lowest BCUT2D eigenvalue weighted by atomic mass is 9.88. The molecule has 0 saturated carbocycles. The van der Waals surface area contributed by atoms with Gasteiger partial charge < -0.3 is 5.32 Å². The first kappa shape index (κ1) is 14.3. The molecule has 1 aromatic rings. The van der Waals surface area contributed by atoms with Crippen molar-refractivity contribution >= 4 is 34.9 Å². The van der Waals surface area contributed by atoms with Crippen molar-refractivity contribution in [3.05, 3.63) is 0 Å². The van der Waals surface area contributed by atoms with Crippen LogP contribution >= 0.6 is 34.9 Å². The summed E-state index contributed by atoms with van der Waals surface area (Å²) in [6.45, 7) is 6.76. The zero-order valence-electron chi connectivity index (χ0n) is 10.4. The summed E-state index contributed by atoms with van der Waals surface area (Å²) in [7, 11) is 2.02. The molecule has 0 aliphatic carbocycles. The maximum atomic E-state index is 4.16. The second-order valence-corrected chi connectivity index (χ2v) is 7.85. The summed E-state index contributed by atoms with van der Waals surface area (Å²) in [5.74, 6) is 1.03. The number of rotatable bonds is 5. The minimum absolute atomic E-state index is 0.273. The molecule has 0 aromatic carbocycles. The van der Waals surface area contributed by atoms with E-state index < -0.39 is 0 Å². The molecule has 1 atom stereocenters. The van der Waals surface area contributed by atoms with Crippen molar-refractivity contribution in [1.82, 2.24) is 15.5 Å². The van der Waals surface area contributed by atoms with Gasteiger partial charge >= 0.3 is 0 Å². The Morgan fingerprint density at radius 1 is 1.31 bits per heavy atom. The molecule has 6 heteroatoms. The second-order valence-electron chi connectivity index (χ2n) is 4.56. The molecule has 1 heterocycles. The van der Waals surface area contributed by atoms with E-state index in [0.29, 0.717) is 6.04 Å². The molecular weight excluding hydrogens is 258 g/mol. The molecule has 3 nitrogen and oxygen atoms in total. The van der Waals surface area contributed by atoms with Gasteiger partial charge in [0.2, 0.25) is 0 Å². The highest BCUT2D eigenvalue weighted by atomic mass is 32.2. The van der Waals surface area contributed by atoms with E-state index in [1.54, 1.807) is 34.9 Å². The van der Waals surface area contributed by atoms with E-state index in [1.165, 1.54) is 0 Å². The first-order chi connectivity index (χ1) is 7.47. The van der Waals surface area contributed by atoms with Gasteiger partial charge in [-0.05, 0) is 18.7 Å². The van der Waals surface area contributed by atoms with Gasteiger partial charge in [0.1, 0.15) is 0 Å². The van der Waals surface area contributed by atoms with Crippen LogP contribution in [0.15, 0.2) is 8.68 Å². The van der Waals surface area contributed by atoms with E-state index in [-0.39, 0.29) is 5.41 Å². The highest BCUT2D eigenvalue weighted by molar-refractivity contribution is 8.03. The Bertz CT molecular complexity index is 319. The number of thioether (sulfide) groups is 2. The van der Waals surface area contributed by atoms with Crippen molar-refractivity contribution in [2.75, 3.05) is 19.1 Å². The van der Waals surface area contributed by atoms with Gasteiger partial charge in [-0.15, -0.1) is 10.2 Å². The lowest BCUT2D eigenvalue weighted by Gasteiger charge is -2.29. The SMILES string of the molecule is CNC(CSc1nnc(SC)s1)C(C)(C)C. The fourth-order valence-corrected chi connectivity index (χ4v) is 4.17. The summed E-state index contributed by atoms with van der Waals surface area (Å²) in [5.41, 5.74) is 0.273. The molecule has 0 saturated heterocycles. The summed E-state index contributed by atoms with van der Waals surface area (Å²) in [6.07, 6.45) is 2.03. The lowest BCUT2D eigenvalue weighted by molar-refractivity contribution is 0.305. The Hall–Kier alpha value is 0.220. The van der Waals surface area contributed by atoms with E-state index in [0.717, 1.165) is 14.4 Å². The Morgan fingerprint density at radius 3 is 2.38 bits per heavy atom. The summed E-state index contributed by atoms with van der Waals surface area (Å²) in [6, 6.07) is 0.485. The molecule has 1 unspecified atom stereocenters. The predicted molar refractivity (Wildman–Crippen MR) is 74.7 cm³/mol. The van der Waals surface area contributed by atoms with Crippen LogP contribution in [0, 0.1) is 5.41 Å². The van der Waals surface area contributed by atoms with Crippen molar-refractivity contribution < 1.29 is 0 Å². The van der Waals surface area contributed by atoms with Crippen LogP contribution in [0.4, 0.5) is 0 Å². The van der Waals surface area contributed by atoms with Crippen LogP contribution in [0.3, 0.4) is 0 Å². The molecule has 1 N–H and O–H groups in total. The highest BCUT2D eigenvalue weighted by Gasteiger charge is 2.23. The Kier molecular flexibility index (Phi) is 5.56. The average molecular weight is 277 g/mol. The van der Waals surface area contributed by atoms with Crippen molar-refractivity contribution in [2.45, 2.75) is 35.5 Å². The molecule has 1 rings (SSSR count). The van der Waals surface area contributed by atoms with E-state index in [4.69, 9.17) is 0 Å². The fraction of sp³-hybridized carbons (Fsp3) is 0.800. The van der Waals surface area contributed by atoms with Gasteiger partial charge in [-0.25, -0.2) is 0 Å².